The van der Waals surface area contributed by atoms with Crippen LogP contribution in [-0.2, 0) is 4.79 Å². The highest BCUT2D eigenvalue weighted by atomic mass is 35.5. The quantitative estimate of drug-likeness (QED) is 0.835. The summed E-state index contributed by atoms with van der Waals surface area (Å²) in [7, 11) is 0. The molecule has 0 bridgehead atoms. The summed E-state index contributed by atoms with van der Waals surface area (Å²) in [5.74, 6) is -2.67. The highest BCUT2D eigenvalue weighted by Crippen LogP contribution is 2.23. The van der Waals surface area contributed by atoms with Crippen LogP contribution in [0.15, 0.2) is 18.2 Å². The van der Waals surface area contributed by atoms with E-state index in [2.05, 4.69) is 0 Å². The number of alkyl halides is 3. The normalized spacial score (nSPS) is 11.1. The Balaban J connectivity index is 2.90. The van der Waals surface area contributed by atoms with Gasteiger partial charge in [-0.1, -0.05) is 17.7 Å². The molecule has 0 saturated carbocycles. The van der Waals surface area contributed by atoms with Crippen molar-refractivity contribution < 1.29 is 32.3 Å². The SMILES string of the molecule is O=C(O)CN(CC(F)(F)F)C(=O)Nc1cccc(Cl)c1F. The lowest BCUT2D eigenvalue weighted by Crippen LogP contribution is -2.44. The molecule has 2 amide bonds. The number of aliphatic carboxylic acids is 1. The van der Waals surface area contributed by atoms with Crippen LogP contribution in [0.5, 0.6) is 0 Å². The fraction of sp³-hybridized carbons (Fsp3) is 0.273. The molecule has 1 rings (SSSR count). The molecule has 0 aliphatic rings. The molecule has 5 nitrogen and oxygen atoms in total. The molecule has 1 aromatic rings. The number of rotatable bonds is 4. The van der Waals surface area contributed by atoms with E-state index in [0.29, 0.717) is 0 Å². The Hall–Kier alpha value is -2.03. The molecule has 0 aromatic heterocycles. The molecule has 116 valence electrons. The standard InChI is InChI=1S/C11H9ClF4N2O3/c12-6-2-1-3-7(9(6)13)17-10(21)18(4-8(19)20)5-11(14,15)16/h1-3H,4-5H2,(H,17,21)(H,19,20). The molecule has 10 heteroatoms. The van der Waals surface area contributed by atoms with Crippen molar-refractivity contribution in [2.24, 2.45) is 0 Å². The maximum atomic E-state index is 13.5. The van der Waals surface area contributed by atoms with Crippen LogP contribution < -0.4 is 5.32 Å². The predicted molar refractivity (Wildman–Crippen MR) is 65.7 cm³/mol. The summed E-state index contributed by atoms with van der Waals surface area (Å²) in [4.78, 5) is 22.1. The number of urea groups is 1. The second-order valence-corrected chi connectivity index (χ2v) is 4.30. The molecule has 21 heavy (non-hydrogen) atoms. The number of anilines is 1. The Morgan fingerprint density at radius 2 is 1.95 bits per heavy atom. The van der Waals surface area contributed by atoms with Gasteiger partial charge in [0.15, 0.2) is 5.82 Å². The first-order valence-corrected chi connectivity index (χ1v) is 5.76. The maximum absolute atomic E-state index is 13.5. The highest BCUT2D eigenvalue weighted by molar-refractivity contribution is 6.31. The lowest BCUT2D eigenvalue weighted by atomic mass is 10.3. The van der Waals surface area contributed by atoms with Crippen LogP contribution in [0.2, 0.25) is 5.02 Å². The fourth-order valence-electron chi connectivity index (χ4n) is 1.37. The molecule has 0 radical (unpaired) electrons. The number of carbonyl (C=O) groups is 2. The molecular formula is C11H9ClF4N2O3. The van der Waals surface area contributed by atoms with E-state index in [9.17, 15) is 27.2 Å². The summed E-state index contributed by atoms with van der Waals surface area (Å²) in [6.07, 6.45) is -4.79. The summed E-state index contributed by atoms with van der Waals surface area (Å²) in [6, 6.07) is 2.12. The van der Waals surface area contributed by atoms with Gasteiger partial charge in [-0.25, -0.2) is 9.18 Å². The maximum Gasteiger partial charge on any atom is 0.406 e. The van der Waals surface area contributed by atoms with E-state index in [0.717, 1.165) is 6.07 Å². The number of nitrogens with zero attached hydrogens (tertiary/aromatic N) is 1. The molecule has 0 fully saturated rings. The first-order valence-electron chi connectivity index (χ1n) is 5.38. The number of hydrogen-bond donors (Lipinski definition) is 2. The zero-order chi connectivity index (χ0) is 16.2. The van der Waals surface area contributed by atoms with Crippen molar-refractivity contribution in [3.63, 3.8) is 0 Å². The third-order valence-corrected chi connectivity index (χ3v) is 2.47. The molecule has 0 aliphatic heterocycles. The van der Waals surface area contributed by atoms with Crippen LogP contribution in [0.25, 0.3) is 0 Å². The van der Waals surface area contributed by atoms with Crippen LogP contribution in [0, 0.1) is 5.82 Å². The second-order valence-electron chi connectivity index (χ2n) is 3.90. The van der Waals surface area contributed by atoms with E-state index in [1.54, 1.807) is 0 Å². The number of amides is 2. The Kier molecular flexibility index (Phi) is 5.36. The number of carboxylic acids is 1. The monoisotopic (exact) mass is 328 g/mol. The van der Waals surface area contributed by atoms with Crippen molar-refractivity contribution in [3.8, 4) is 0 Å². The average molecular weight is 329 g/mol. The fourth-order valence-corrected chi connectivity index (χ4v) is 1.55. The lowest BCUT2D eigenvalue weighted by Gasteiger charge is -2.22. The summed E-state index contributed by atoms with van der Waals surface area (Å²) in [6.45, 7) is -2.97. The zero-order valence-electron chi connectivity index (χ0n) is 10.2. The van der Waals surface area contributed by atoms with Gasteiger partial charge < -0.3 is 15.3 Å². The third kappa shape index (κ3) is 5.46. The van der Waals surface area contributed by atoms with Gasteiger partial charge in [0.1, 0.15) is 13.1 Å². The van der Waals surface area contributed by atoms with E-state index >= 15 is 0 Å². The molecule has 1 aromatic carbocycles. The van der Waals surface area contributed by atoms with Crippen LogP contribution in [0.4, 0.5) is 28.0 Å². The van der Waals surface area contributed by atoms with E-state index < -0.39 is 42.8 Å². The first-order chi connectivity index (χ1) is 9.60. The van der Waals surface area contributed by atoms with Gasteiger partial charge in [-0.3, -0.25) is 4.79 Å². The Bertz CT molecular complexity index is 551. The molecule has 0 unspecified atom stereocenters. The molecule has 0 atom stereocenters. The summed E-state index contributed by atoms with van der Waals surface area (Å²) in [5.41, 5.74) is -0.454. The van der Waals surface area contributed by atoms with Crippen LogP contribution in [0.3, 0.4) is 0 Å². The van der Waals surface area contributed by atoms with E-state index in [4.69, 9.17) is 16.7 Å². The topological polar surface area (TPSA) is 69.6 Å². The summed E-state index contributed by atoms with van der Waals surface area (Å²) >= 11 is 5.45. The number of carbonyl (C=O) groups excluding carboxylic acids is 1. The predicted octanol–water partition coefficient (Wildman–Crippen LogP) is 2.96. The van der Waals surface area contributed by atoms with Crippen molar-refractivity contribution >= 4 is 29.3 Å². The van der Waals surface area contributed by atoms with Crippen molar-refractivity contribution in [2.75, 3.05) is 18.4 Å². The van der Waals surface area contributed by atoms with Gasteiger partial charge in [-0.2, -0.15) is 13.2 Å². The van der Waals surface area contributed by atoms with Crippen molar-refractivity contribution in [2.45, 2.75) is 6.18 Å². The van der Waals surface area contributed by atoms with Crippen LogP contribution >= 0.6 is 11.6 Å². The third-order valence-electron chi connectivity index (χ3n) is 2.18. The van der Waals surface area contributed by atoms with E-state index in [-0.39, 0.29) is 9.92 Å². The number of benzene rings is 1. The van der Waals surface area contributed by atoms with Crippen molar-refractivity contribution in [1.29, 1.82) is 0 Å². The minimum Gasteiger partial charge on any atom is -0.480 e. The van der Waals surface area contributed by atoms with Gasteiger partial charge in [0.25, 0.3) is 0 Å². The van der Waals surface area contributed by atoms with Crippen molar-refractivity contribution in [3.05, 3.63) is 29.0 Å². The Labute approximate surface area is 121 Å². The van der Waals surface area contributed by atoms with Gasteiger partial charge in [-0.15, -0.1) is 0 Å². The molecule has 0 spiro atoms. The largest absolute Gasteiger partial charge is 0.480 e. The van der Waals surface area contributed by atoms with Gasteiger partial charge >= 0.3 is 18.2 Å². The van der Waals surface area contributed by atoms with Gasteiger partial charge in [0, 0.05) is 0 Å². The molecular weight excluding hydrogens is 320 g/mol. The molecule has 0 heterocycles. The minimum atomic E-state index is -4.79. The second kappa shape index (κ2) is 6.61. The summed E-state index contributed by atoms with van der Waals surface area (Å²) < 4.78 is 50.4. The summed E-state index contributed by atoms with van der Waals surface area (Å²) in [5, 5.41) is 10.0. The first kappa shape index (κ1) is 17.0. The number of carboxylic acid groups (broad SMARTS) is 1. The van der Waals surface area contributed by atoms with E-state index in [1.807, 2.05) is 5.32 Å². The van der Waals surface area contributed by atoms with Crippen LogP contribution in [0.1, 0.15) is 0 Å². The molecule has 2 N–H and O–H groups in total. The molecule has 0 saturated heterocycles. The lowest BCUT2D eigenvalue weighted by molar-refractivity contribution is -0.148. The number of hydrogen-bond acceptors (Lipinski definition) is 2. The van der Waals surface area contributed by atoms with Gasteiger partial charge in [0.2, 0.25) is 0 Å². The minimum absolute atomic E-state index is 0.0112. The smallest absolute Gasteiger partial charge is 0.406 e. The Morgan fingerprint density at radius 3 is 2.48 bits per heavy atom. The van der Waals surface area contributed by atoms with Crippen molar-refractivity contribution in [1.82, 2.24) is 4.90 Å². The number of halogens is 5. The molecule has 0 aliphatic carbocycles. The highest BCUT2D eigenvalue weighted by Gasteiger charge is 2.34. The van der Waals surface area contributed by atoms with Gasteiger partial charge in [0.05, 0.1) is 10.7 Å². The van der Waals surface area contributed by atoms with E-state index in [1.165, 1.54) is 12.1 Å². The van der Waals surface area contributed by atoms with Crippen LogP contribution in [-0.4, -0.2) is 41.3 Å². The zero-order valence-corrected chi connectivity index (χ0v) is 11.0. The Morgan fingerprint density at radius 1 is 1.33 bits per heavy atom. The average Bonchev–Trinajstić information content (AvgIpc) is 2.31. The van der Waals surface area contributed by atoms with Gasteiger partial charge in [-0.05, 0) is 12.1 Å². The number of nitrogens with one attached hydrogen (secondary N) is 1.